The minimum absolute atomic E-state index is 0.0596. The zero-order valence-corrected chi connectivity index (χ0v) is 11.5. The number of non-ortho nitro benzene ring substituents is 1. The van der Waals surface area contributed by atoms with E-state index in [9.17, 15) is 14.9 Å². The summed E-state index contributed by atoms with van der Waals surface area (Å²) in [5.74, 6) is -0.185. The highest BCUT2D eigenvalue weighted by atomic mass is 16.6. The Morgan fingerprint density at radius 3 is 2.82 bits per heavy atom. The van der Waals surface area contributed by atoms with Crippen LogP contribution in [0.3, 0.4) is 0 Å². The van der Waals surface area contributed by atoms with Crippen molar-refractivity contribution < 1.29 is 18.9 Å². The largest absolute Gasteiger partial charge is 0.465 e. The zero-order chi connectivity index (χ0) is 15.7. The van der Waals surface area contributed by atoms with Gasteiger partial charge >= 0.3 is 5.97 Å². The van der Waals surface area contributed by atoms with E-state index in [1.54, 1.807) is 24.3 Å². The van der Waals surface area contributed by atoms with E-state index in [2.05, 4.69) is 9.72 Å². The van der Waals surface area contributed by atoms with Gasteiger partial charge in [0.05, 0.1) is 17.6 Å². The third-order valence-corrected chi connectivity index (χ3v) is 3.11. The molecule has 0 unspecified atom stereocenters. The van der Waals surface area contributed by atoms with Crippen molar-refractivity contribution in [3.63, 3.8) is 0 Å². The lowest BCUT2D eigenvalue weighted by atomic mass is 10.1. The molecular formula is C15H10N2O5. The van der Waals surface area contributed by atoms with Crippen molar-refractivity contribution in [2.45, 2.75) is 0 Å². The Hall–Kier alpha value is -3.22. The maximum atomic E-state index is 11.5. The van der Waals surface area contributed by atoms with Crippen LogP contribution < -0.4 is 0 Å². The summed E-state index contributed by atoms with van der Waals surface area (Å²) >= 11 is 0. The van der Waals surface area contributed by atoms with Gasteiger partial charge < -0.3 is 9.15 Å². The van der Waals surface area contributed by atoms with Gasteiger partial charge in [-0.05, 0) is 24.3 Å². The predicted octanol–water partition coefficient (Wildman–Crippen LogP) is 3.19. The van der Waals surface area contributed by atoms with Gasteiger partial charge in [0, 0.05) is 17.7 Å². The van der Waals surface area contributed by atoms with E-state index in [4.69, 9.17) is 4.42 Å². The molecule has 0 aliphatic rings. The van der Waals surface area contributed by atoms with Gasteiger partial charge in [-0.3, -0.25) is 10.1 Å². The maximum absolute atomic E-state index is 11.5. The van der Waals surface area contributed by atoms with Crippen LogP contribution in [0.5, 0.6) is 0 Å². The Bertz CT molecular complexity index is 885. The minimum atomic E-state index is -0.494. The standard InChI is InChI=1S/C15H10N2O5/c1-21-15(18)10-4-2-3-9(7-10)14-16-12-8-11(17(19)20)5-6-13(12)22-14/h2-8H,1H3. The van der Waals surface area contributed by atoms with Gasteiger partial charge in [-0.2, -0.15) is 0 Å². The monoisotopic (exact) mass is 298 g/mol. The van der Waals surface area contributed by atoms with Crippen molar-refractivity contribution in [2.24, 2.45) is 0 Å². The first-order valence-corrected chi connectivity index (χ1v) is 6.32. The second kappa shape index (κ2) is 5.28. The number of nitrogens with zero attached hydrogens (tertiary/aromatic N) is 2. The van der Waals surface area contributed by atoms with Crippen molar-refractivity contribution >= 4 is 22.8 Å². The van der Waals surface area contributed by atoms with Crippen LogP contribution in [0, 0.1) is 10.1 Å². The molecule has 1 aromatic heterocycles. The molecule has 0 fully saturated rings. The summed E-state index contributed by atoms with van der Waals surface area (Å²) in [6, 6.07) is 10.8. The first-order valence-electron chi connectivity index (χ1n) is 6.32. The van der Waals surface area contributed by atoms with Gasteiger partial charge in [0.1, 0.15) is 5.52 Å². The summed E-state index contributed by atoms with van der Waals surface area (Å²) in [5, 5.41) is 10.8. The number of hydrogen-bond acceptors (Lipinski definition) is 6. The van der Waals surface area contributed by atoms with Gasteiger partial charge in [0.25, 0.3) is 5.69 Å². The van der Waals surface area contributed by atoms with Gasteiger partial charge in [-0.15, -0.1) is 0 Å². The van der Waals surface area contributed by atoms with Crippen LogP contribution in [0.25, 0.3) is 22.6 Å². The smallest absolute Gasteiger partial charge is 0.337 e. The highest BCUT2D eigenvalue weighted by molar-refractivity contribution is 5.90. The fraction of sp³-hybridized carbons (Fsp3) is 0.0667. The number of esters is 1. The van der Waals surface area contributed by atoms with Crippen LogP contribution in [0.4, 0.5) is 5.69 Å². The second-order valence-electron chi connectivity index (χ2n) is 4.50. The number of ether oxygens (including phenoxy) is 1. The van der Waals surface area contributed by atoms with Gasteiger partial charge in [-0.1, -0.05) is 6.07 Å². The Kier molecular flexibility index (Phi) is 3.30. The fourth-order valence-electron chi connectivity index (χ4n) is 2.05. The Morgan fingerprint density at radius 1 is 1.27 bits per heavy atom. The molecular weight excluding hydrogens is 288 g/mol. The molecule has 7 nitrogen and oxygen atoms in total. The molecule has 0 amide bonds. The molecule has 2 aromatic carbocycles. The number of rotatable bonds is 3. The normalized spacial score (nSPS) is 10.6. The summed E-state index contributed by atoms with van der Waals surface area (Å²) in [6.07, 6.45) is 0. The number of carbonyl (C=O) groups excluding carboxylic acids is 1. The SMILES string of the molecule is COC(=O)c1cccc(-c2nc3cc([N+](=O)[O-])ccc3o2)c1. The molecule has 3 aromatic rings. The molecule has 0 aliphatic heterocycles. The first-order chi connectivity index (χ1) is 10.6. The van der Waals surface area contributed by atoms with Gasteiger partial charge in [-0.25, -0.2) is 9.78 Å². The number of fused-ring (bicyclic) bond motifs is 1. The van der Waals surface area contributed by atoms with Crippen molar-refractivity contribution in [1.82, 2.24) is 4.98 Å². The molecule has 22 heavy (non-hydrogen) atoms. The zero-order valence-electron chi connectivity index (χ0n) is 11.5. The van der Waals surface area contributed by atoms with Crippen LogP contribution in [0.2, 0.25) is 0 Å². The van der Waals surface area contributed by atoms with E-state index in [0.29, 0.717) is 22.2 Å². The molecule has 0 aliphatic carbocycles. The van der Waals surface area contributed by atoms with E-state index in [1.807, 2.05) is 0 Å². The lowest BCUT2D eigenvalue weighted by Crippen LogP contribution is -2.00. The van der Waals surface area contributed by atoms with E-state index in [1.165, 1.54) is 25.3 Å². The molecule has 0 saturated heterocycles. The number of carbonyl (C=O) groups is 1. The maximum Gasteiger partial charge on any atom is 0.337 e. The van der Waals surface area contributed by atoms with Crippen LogP contribution in [0.1, 0.15) is 10.4 Å². The number of nitro benzene ring substituents is 1. The minimum Gasteiger partial charge on any atom is -0.465 e. The average molecular weight is 298 g/mol. The van der Waals surface area contributed by atoms with Crippen LogP contribution in [0.15, 0.2) is 46.9 Å². The molecule has 3 rings (SSSR count). The highest BCUT2D eigenvalue weighted by Gasteiger charge is 2.14. The number of aromatic nitrogens is 1. The summed E-state index contributed by atoms with van der Waals surface area (Å²) < 4.78 is 10.2. The van der Waals surface area contributed by atoms with Crippen molar-refractivity contribution in [3.05, 3.63) is 58.1 Å². The quantitative estimate of drug-likeness (QED) is 0.418. The second-order valence-corrected chi connectivity index (χ2v) is 4.50. The molecule has 0 radical (unpaired) electrons. The number of benzene rings is 2. The van der Waals surface area contributed by atoms with Crippen molar-refractivity contribution in [1.29, 1.82) is 0 Å². The average Bonchev–Trinajstić information content (AvgIpc) is 2.97. The molecule has 0 bridgehead atoms. The molecule has 0 spiro atoms. The van der Waals surface area contributed by atoms with Gasteiger partial charge in [0.15, 0.2) is 5.58 Å². The van der Waals surface area contributed by atoms with Crippen LogP contribution in [-0.2, 0) is 4.74 Å². The Balaban J connectivity index is 2.06. The summed E-state index contributed by atoms with van der Waals surface area (Å²) in [4.78, 5) is 26.0. The van der Waals surface area contributed by atoms with Crippen molar-refractivity contribution in [2.75, 3.05) is 7.11 Å². The van der Waals surface area contributed by atoms with E-state index in [0.717, 1.165) is 0 Å². The molecule has 110 valence electrons. The number of oxazole rings is 1. The Labute approximate surface area is 124 Å². The number of hydrogen-bond donors (Lipinski definition) is 0. The predicted molar refractivity (Wildman–Crippen MR) is 77.4 cm³/mol. The third kappa shape index (κ3) is 2.39. The van der Waals surface area contributed by atoms with E-state index >= 15 is 0 Å². The van der Waals surface area contributed by atoms with Crippen molar-refractivity contribution in [3.8, 4) is 11.5 Å². The Morgan fingerprint density at radius 2 is 2.09 bits per heavy atom. The van der Waals surface area contributed by atoms with E-state index in [-0.39, 0.29) is 11.6 Å². The topological polar surface area (TPSA) is 95.5 Å². The number of methoxy groups -OCH3 is 1. The summed E-state index contributed by atoms with van der Waals surface area (Å²) in [5.41, 5.74) is 1.71. The molecule has 0 N–H and O–H groups in total. The first kappa shape index (κ1) is 13.7. The lowest BCUT2D eigenvalue weighted by molar-refractivity contribution is -0.384. The lowest BCUT2D eigenvalue weighted by Gasteiger charge is -2.00. The third-order valence-electron chi connectivity index (χ3n) is 3.11. The van der Waals surface area contributed by atoms with Crippen LogP contribution in [-0.4, -0.2) is 23.0 Å². The fourth-order valence-corrected chi connectivity index (χ4v) is 2.05. The number of nitro groups is 1. The molecule has 0 atom stereocenters. The highest BCUT2D eigenvalue weighted by Crippen LogP contribution is 2.27. The van der Waals surface area contributed by atoms with Gasteiger partial charge in [0.2, 0.25) is 5.89 Å². The molecule has 7 heteroatoms. The van der Waals surface area contributed by atoms with Crippen LogP contribution >= 0.6 is 0 Å². The molecule has 0 saturated carbocycles. The summed E-state index contributed by atoms with van der Waals surface area (Å²) in [6.45, 7) is 0. The summed E-state index contributed by atoms with van der Waals surface area (Å²) in [7, 11) is 1.30. The molecule has 1 heterocycles. The van der Waals surface area contributed by atoms with E-state index < -0.39 is 10.9 Å².